The van der Waals surface area contributed by atoms with E-state index in [0.29, 0.717) is 17.6 Å². The molecule has 2 rings (SSSR count). The van der Waals surface area contributed by atoms with Crippen molar-refractivity contribution in [2.45, 2.75) is 39.0 Å². The normalized spacial score (nSPS) is 17.2. The van der Waals surface area contributed by atoms with Crippen molar-refractivity contribution in [1.82, 2.24) is 0 Å². The Morgan fingerprint density at radius 3 is 2.45 bits per heavy atom. The molecule has 0 aliphatic heterocycles. The first-order chi connectivity index (χ1) is 10.3. The molecule has 1 fully saturated rings. The molecule has 1 aromatic rings. The first-order valence-electron chi connectivity index (χ1n) is 7.25. The van der Waals surface area contributed by atoms with Crippen molar-refractivity contribution >= 4 is 11.6 Å². The Kier molecular flexibility index (Phi) is 4.83. The summed E-state index contributed by atoms with van der Waals surface area (Å²) < 4.78 is 40.0. The number of guanidine groups is 1. The topological polar surface area (TPSA) is 59.6 Å². The van der Waals surface area contributed by atoms with E-state index in [1.54, 1.807) is 0 Å². The molecule has 22 heavy (non-hydrogen) atoms. The molecule has 1 saturated carbocycles. The van der Waals surface area contributed by atoms with Crippen LogP contribution in [0, 0.1) is 5.41 Å². The van der Waals surface area contributed by atoms with Crippen molar-refractivity contribution in [3.8, 4) is 5.75 Å². The number of anilines is 1. The van der Waals surface area contributed by atoms with Crippen LogP contribution in [0.1, 0.15) is 32.6 Å². The van der Waals surface area contributed by atoms with Gasteiger partial charge in [-0.05, 0) is 48.9 Å². The highest BCUT2D eigenvalue weighted by molar-refractivity contribution is 5.92. The molecule has 0 unspecified atom stereocenters. The third kappa shape index (κ3) is 5.13. The standard InChI is InChI=1S/C15H20F3N3O/c1-2-7-14(8-9-14)10-20-13(19)21-11-3-5-12(6-4-11)22-15(16,17)18/h3-6H,2,7-10H2,1H3,(H3,19,20,21). The van der Waals surface area contributed by atoms with E-state index >= 15 is 0 Å². The van der Waals surface area contributed by atoms with Gasteiger partial charge in [0.2, 0.25) is 0 Å². The summed E-state index contributed by atoms with van der Waals surface area (Å²) in [6, 6.07) is 5.37. The van der Waals surface area contributed by atoms with Gasteiger partial charge in [0.05, 0.1) is 0 Å². The van der Waals surface area contributed by atoms with Crippen LogP contribution in [0.2, 0.25) is 0 Å². The lowest BCUT2D eigenvalue weighted by Crippen LogP contribution is -2.24. The summed E-state index contributed by atoms with van der Waals surface area (Å²) in [5, 5.41) is 2.87. The van der Waals surface area contributed by atoms with E-state index in [4.69, 9.17) is 5.73 Å². The number of nitrogens with two attached hydrogens (primary N) is 1. The maximum absolute atomic E-state index is 12.1. The van der Waals surface area contributed by atoms with Crippen LogP contribution in [0.25, 0.3) is 0 Å². The average molecular weight is 315 g/mol. The van der Waals surface area contributed by atoms with Gasteiger partial charge in [0.15, 0.2) is 5.96 Å². The summed E-state index contributed by atoms with van der Waals surface area (Å²) in [5.74, 6) is 0.000284. The van der Waals surface area contributed by atoms with Crippen LogP contribution in [-0.4, -0.2) is 18.9 Å². The first kappa shape index (κ1) is 16.5. The molecule has 1 aromatic carbocycles. The van der Waals surface area contributed by atoms with E-state index in [2.05, 4.69) is 22.0 Å². The molecular formula is C15H20F3N3O. The minimum absolute atomic E-state index is 0.270. The van der Waals surface area contributed by atoms with Gasteiger partial charge < -0.3 is 15.8 Å². The molecule has 0 atom stereocenters. The smallest absolute Gasteiger partial charge is 0.406 e. The third-order valence-electron chi connectivity index (χ3n) is 3.68. The summed E-state index contributed by atoms with van der Waals surface area (Å²) in [4.78, 5) is 4.33. The van der Waals surface area contributed by atoms with Gasteiger partial charge in [-0.25, -0.2) is 0 Å². The van der Waals surface area contributed by atoms with Crippen molar-refractivity contribution in [3.05, 3.63) is 24.3 Å². The molecule has 7 heteroatoms. The molecule has 0 radical (unpaired) electrons. The Bertz CT molecular complexity index is 522. The Labute approximate surface area is 127 Å². The average Bonchev–Trinajstić information content (AvgIpc) is 3.18. The molecule has 1 aliphatic carbocycles. The predicted molar refractivity (Wildman–Crippen MR) is 79.8 cm³/mol. The van der Waals surface area contributed by atoms with Gasteiger partial charge in [-0.2, -0.15) is 0 Å². The van der Waals surface area contributed by atoms with Crippen molar-refractivity contribution < 1.29 is 17.9 Å². The number of halogens is 3. The molecule has 0 bridgehead atoms. The fourth-order valence-electron chi connectivity index (χ4n) is 2.37. The highest BCUT2D eigenvalue weighted by Gasteiger charge is 2.41. The largest absolute Gasteiger partial charge is 0.573 e. The maximum atomic E-state index is 12.1. The van der Waals surface area contributed by atoms with Gasteiger partial charge in [0.1, 0.15) is 5.75 Å². The van der Waals surface area contributed by atoms with Crippen LogP contribution >= 0.6 is 0 Å². The lowest BCUT2D eigenvalue weighted by Gasteiger charge is -2.12. The van der Waals surface area contributed by atoms with Crippen LogP contribution in [0.5, 0.6) is 5.75 Å². The second kappa shape index (κ2) is 6.46. The van der Waals surface area contributed by atoms with E-state index < -0.39 is 6.36 Å². The molecule has 1 aliphatic rings. The van der Waals surface area contributed by atoms with Crippen molar-refractivity contribution in [2.24, 2.45) is 16.1 Å². The number of nitrogens with one attached hydrogen (secondary N) is 1. The van der Waals surface area contributed by atoms with E-state index in [0.717, 1.165) is 12.8 Å². The molecular weight excluding hydrogens is 295 g/mol. The lowest BCUT2D eigenvalue weighted by atomic mass is 10.0. The van der Waals surface area contributed by atoms with Gasteiger partial charge in [0, 0.05) is 12.2 Å². The number of aliphatic imine (C=N–C) groups is 1. The Morgan fingerprint density at radius 1 is 1.32 bits per heavy atom. The van der Waals surface area contributed by atoms with Crippen molar-refractivity contribution in [3.63, 3.8) is 0 Å². The second-order valence-corrected chi connectivity index (χ2v) is 5.65. The fraction of sp³-hybridized carbons (Fsp3) is 0.533. The number of ether oxygens (including phenoxy) is 1. The molecule has 3 N–H and O–H groups in total. The van der Waals surface area contributed by atoms with Gasteiger partial charge >= 0.3 is 6.36 Å². The van der Waals surface area contributed by atoms with E-state index in [9.17, 15) is 13.2 Å². The van der Waals surface area contributed by atoms with E-state index in [-0.39, 0.29) is 11.7 Å². The summed E-state index contributed by atoms with van der Waals surface area (Å²) in [6.07, 6.45) is -0.0493. The Hall–Kier alpha value is -1.92. The molecule has 0 heterocycles. The van der Waals surface area contributed by atoms with Gasteiger partial charge in [-0.1, -0.05) is 13.3 Å². The highest BCUT2D eigenvalue weighted by Crippen LogP contribution is 2.49. The SMILES string of the molecule is CCCC1(CN=C(N)Nc2ccc(OC(F)(F)F)cc2)CC1. The van der Waals surface area contributed by atoms with E-state index in [1.165, 1.54) is 37.1 Å². The summed E-state index contributed by atoms with van der Waals surface area (Å²) >= 11 is 0. The molecule has 122 valence electrons. The minimum Gasteiger partial charge on any atom is -0.406 e. The van der Waals surface area contributed by atoms with Crippen LogP contribution in [-0.2, 0) is 0 Å². The summed E-state index contributed by atoms with van der Waals surface area (Å²) in [6.45, 7) is 2.84. The maximum Gasteiger partial charge on any atom is 0.573 e. The van der Waals surface area contributed by atoms with Crippen LogP contribution in [0.4, 0.5) is 18.9 Å². The van der Waals surface area contributed by atoms with Crippen LogP contribution in [0.15, 0.2) is 29.3 Å². The zero-order valence-corrected chi connectivity index (χ0v) is 12.4. The molecule has 0 saturated heterocycles. The van der Waals surface area contributed by atoms with Crippen molar-refractivity contribution in [1.29, 1.82) is 0 Å². The van der Waals surface area contributed by atoms with Gasteiger partial charge in [0.25, 0.3) is 0 Å². The minimum atomic E-state index is -4.69. The fourth-order valence-corrected chi connectivity index (χ4v) is 2.37. The zero-order chi connectivity index (χ0) is 16.2. The summed E-state index contributed by atoms with van der Waals surface area (Å²) in [5.41, 5.74) is 6.68. The second-order valence-electron chi connectivity index (χ2n) is 5.65. The van der Waals surface area contributed by atoms with Gasteiger partial charge in [-0.15, -0.1) is 13.2 Å². The lowest BCUT2D eigenvalue weighted by molar-refractivity contribution is -0.274. The molecule has 4 nitrogen and oxygen atoms in total. The van der Waals surface area contributed by atoms with Crippen LogP contribution < -0.4 is 15.8 Å². The van der Waals surface area contributed by atoms with Gasteiger partial charge in [-0.3, -0.25) is 4.99 Å². The zero-order valence-electron chi connectivity index (χ0n) is 12.4. The first-order valence-corrected chi connectivity index (χ1v) is 7.25. The number of benzene rings is 1. The molecule has 0 amide bonds. The number of hydrogen-bond donors (Lipinski definition) is 2. The monoisotopic (exact) mass is 315 g/mol. The Morgan fingerprint density at radius 2 is 1.95 bits per heavy atom. The predicted octanol–water partition coefficient (Wildman–Crippen LogP) is 3.89. The number of nitrogens with zero attached hydrogens (tertiary/aromatic N) is 1. The van der Waals surface area contributed by atoms with Crippen LogP contribution in [0.3, 0.4) is 0 Å². The number of hydrogen-bond acceptors (Lipinski definition) is 2. The third-order valence-corrected chi connectivity index (χ3v) is 3.68. The Balaban J connectivity index is 1.87. The summed E-state index contributed by atoms with van der Waals surface area (Å²) in [7, 11) is 0. The molecule has 0 aromatic heterocycles. The number of alkyl halides is 3. The number of rotatable bonds is 6. The van der Waals surface area contributed by atoms with Crippen molar-refractivity contribution in [2.75, 3.05) is 11.9 Å². The molecule has 0 spiro atoms. The highest BCUT2D eigenvalue weighted by atomic mass is 19.4. The van der Waals surface area contributed by atoms with E-state index in [1.807, 2.05) is 0 Å². The quantitative estimate of drug-likeness (QED) is 0.618.